The van der Waals surface area contributed by atoms with E-state index in [1.165, 1.54) is 5.39 Å². The molecule has 0 unspecified atom stereocenters. The molecule has 2 aromatic heterocycles. The quantitative estimate of drug-likeness (QED) is 0.257. The summed E-state index contributed by atoms with van der Waals surface area (Å²) in [5.41, 5.74) is 4.06. The first-order valence-corrected chi connectivity index (χ1v) is 11.4. The van der Waals surface area contributed by atoms with Crippen molar-refractivity contribution in [2.24, 2.45) is 0 Å². The van der Waals surface area contributed by atoms with Crippen LogP contribution in [0.25, 0.3) is 43.8 Å². The zero-order chi connectivity index (χ0) is 22.8. The maximum Gasteiger partial charge on any atom is 0.494 e. The molecular formula is C28H25BN2O2. The van der Waals surface area contributed by atoms with Gasteiger partial charge in [0, 0.05) is 27.9 Å². The third kappa shape index (κ3) is 3.15. The monoisotopic (exact) mass is 432 g/mol. The summed E-state index contributed by atoms with van der Waals surface area (Å²) in [4.78, 5) is 9.89. The van der Waals surface area contributed by atoms with Crippen LogP contribution in [0.5, 0.6) is 0 Å². The zero-order valence-electron chi connectivity index (χ0n) is 19.3. The second kappa shape index (κ2) is 7.11. The van der Waals surface area contributed by atoms with Gasteiger partial charge in [-0.3, -0.25) is 4.98 Å². The van der Waals surface area contributed by atoms with E-state index in [9.17, 15) is 0 Å². The van der Waals surface area contributed by atoms with Gasteiger partial charge in [-0.1, -0.05) is 66.7 Å². The summed E-state index contributed by atoms with van der Waals surface area (Å²) in [5.74, 6) is 0. The zero-order valence-corrected chi connectivity index (χ0v) is 19.3. The van der Waals surface area contributed by atoms with E-state index in [-0.39, 0.29) is 18.3 Å². The van der Waals surface area contributed by atoms with Crippen LogP contribution >= 0.6 is 0 Å². The van der Waals surface area contributed by atoms with Crippen molar-refractivity contribution in [1.29, 1.82) is 0 Å². The minimum absolute atomic E-state index is 0.364. The molecule has 0 saturated carbocycles. The number of fused-ring (bicyclic) bond motifs is 5. The number of hydrogen-bond acceptors (Lipinski definition) is 4. The van der Waals surface area contributed by atoms with Crippen molar-refractivity contribution in [3.8, 4) is 11.3 Å². The van der Waals surface area contributed by atoms with E-state index in [4.69, 9.17) is 19.3 Å². The SMILES string of the molecule is CC1(C)OB(c2ccc(-c3nc4ccccc4c4c3ncc3ccccc34)cc2)OC1(C)C. The third-order valence-corrected chi connectivity index (χ3v) is 7.14. The number of para-hydroxylation sites is 1. The molecule has 3 aromatic carbocycles. The largest absolute Gasteiger partial charge is 0.494 e. The molecule has 6 rings (SSSR count). The van der Waals surface area contributed by atoms with Gasteiger partial charge < -0.3 is 9.31 Å². The lowest BCUT2D eigenvalue weighted by atomic mass is 9.78. The number of benzene rings is 3. The van der Waals surface area contributed by atoms with Crippen LogP contribution in [0.2, 0.25) is 0 Å². The summed E-state index contributed by atoms with van der Waals surface area (Å²) in [7, 11) is -0.382. The second-order valence-corrected chi connectivity index (χ2v) is 9.76. The molecule has 0 amide bonds. The van der Waals surface area contributed by atoms with Gasteiger partial charge in [0.05, 0.1) is 27.9 Å². The Morgan fingerprint density at radius 2 is 1.36 bits per heavy atom. The van der Waals surface area contributed by atoms with Crippen LogP contribution in [0.3, 0.4) is 0 Å². The third-order valence-electron chi connectivity index (χ3n) is 7.14. The van der Waals surface area contributed by atoms with Crippen molar-refractivity contribution in [2.45, 2.75) is 38.9 Å². The summed E-state index contributed by atoms with van der Waals surface area (Å²) in [6.45, 7) is 8.29. The number of rotatable bonds is 2. The van der Waals surface area contributed by atoms with Crippen LogP contribution < -0.4 is 5.46 Å². The summed E-state index contributed by atoms with van der Waals surface area (Å²) in [6.07, 6.45) is 1.94. The maximum atomic E-state index is 6.22. The Kier molecular flexibility index (Phi) is 4.38. The van der Waals surface area contributed by atoms with Crippen LogP contribution in [0.4, 0.5) is 0 Å². The first-order valence-electron chi connectivity index (χ1n) is 11.4. The molecule has 1 saturated heterocycles. The molecule has 1 fully saturated rings. The normalized spacial score (nSPS) is 17.3. The van der Waals surface area contributed by atoms with Gasteiger partial charge in [-0.25, -0.2) is 4.98 Å². The first kappa shape index (κ1) is 20.3. The van der Waals surface area contributed by atoms with Gasteiger partial charge in [0.15, 0.2) is 0 Å². The smallest absolute Gasteiger partial charge is 0.399 e. The highest BCUT2D eigenvalue weighted by Crippen LogP contribution is 2.37. The molecule has 5 aromatic rings. The molecule has 0 bridgehead atoms. The minimum Gasteiger partial charge on any atom is -0.399 e. The number of nitrogens with zero attached hydrogens (tertiary/aromatic N) is 2. The summed E-state index contributed by atoms with van der Waals surface area (Å²) < 4.78 is 12.4. The lowest BCUT2D eigenvalue weighted by Crippen LogP contribution is -2.41. The van der Waals surface area contributed by atoms with Gasteiger partial charge in [-0.15, -0.1) is 0 Å². The molecule has 4 nitrogen and oxygen atoms in total. The fraction of sp³-hybridized carbons (Fsp3) is 0.214. The van der Waals surface area contributed by atoms with Crippen LogP contribution in [-0.2, 0) is 9.31 Å². The number of pyridine rings is 2. The molecule has 33 heavy (non-hydrogen) atoms. The Morgan fingerprint density at radius 3 is 2.09 bits per heavy atom. The highest BCUT2D eigenvalue weighted by atomic mass is 16.7. The summed E-state index contributed by atoms with van der Waals surface area (Å²) >= 11 is 0. The highest BCUT2D eigenvalue weighted by Gasteiger charge is 2.51. The Labute approximate surface area is 193 Å². The fourth-order valence-corrected chi connectivity index (χ4v) is 4.55. The fourth-order valence-electron chi connectivity index (χ4n) is 4.55. The van der Waals surface area contributed by atoms with Gasteiger partial charge in [-0.05, 0) is 44.6 Å². The van der Waals surface area contributed by atoms with E-state index < -0.39 is 0 Å². The van der Waals surface area contributed by atoms with E-state index in [2.05, 4.69) is 94.4 Å². The summed E-state index contributed by atoms with van der Waals surface area (Å²) in [5, 5.41) is 4.58. The summed E-state index contributed by atoms with van der Waals surface area (Å²) in [6, 6.07) is 25.0. The average Bonchev–Trinajstić information content (AvgIpc) is 3.05. The van der Waals surface area contributed by atoms with E-state index in [1.807, 2.05) is 12.3 Å². The predicted molar refractivity (Wildman–Crippen MR) is 136 cm³/mol. The molecule has 1 aliphatic heterocycles. The standard InChI is InChI=1S/C28H25BN2O2/c1-27(2)28(3,4)33-29(32-27)20-15-13-18(14-16-20)25-26-24(22-11-7-8-12-23(22)31-25)21-10-6-5-9-19(21)17-30-26/h5-17H,1-4H3. The number of hydrogen-bond donors (Lipinski definition) is 0. The van der Waals surface area contributed by atoms with Crippen molar-refractivity contribution < 1.29 is 9.31 Å². The van der Waals surface area contributed by atoms with Gasteiger partial charge in [0.2, 0.25) is 0 Å². The number of aromatic nitrogens is 2. The lowest BCUT2D eigenvalue weighted by molar-refractivity contribution is 0.00578. The Balaban J connectivity index is 1.51. The molecule has 0 atom stereocenters. The Morgan fingerprint density at radius 1 is 0.727 bits per heavy atom. The second-order valence-electron chi connectivity index (χ2n) is 9.76. The van der Waals surface area contributed by atoms with E-state index in [0.717, 1.165) is 43.9 Å². The molecular weight excluding hydrogens is 407 g/mol. The Hall–Kier alpha value is -3.28. The molecule has 0 aliphatic carbocycles. The van der Waals surface area contributed by atoms with Gasteiger partial charge in [-0.2, -0.15) is 0 Å². The average molecular weight is 432 g/mol. The molecule has 3 heterocycles. The highest BCUT2D eigenvalue weighted by molar-refractivity contribution is 6.62. The minimum atomic E-state index is -0.382. The van der Waals surface area contributed by atoms with Crippen molar-refractivity contribution in [1.82, 2.24) is 9.97 Å². The van der Waals surface area contributed by atoms with Crippen LogP contribution in [0, 0.1) is 0 Å². The van der Waals surface area contributed by atoms with Gasteiger partial charge in [0.25, 0.3) is 0 Å². The predicted octanol–water partition coefficient (Wildman–Crippen LogP) is 5.90. The molecule has 5 heteroatoms. The van der Waals surface area contributed by atoms with Gasteiger partial charge >= 0.3 is 7.12 Å². The first-order chi connectivity index (χ1) is 15.8. The molecule has 0 spiro atoms. The molecule has 1 aliphatic rings. The van der Waals surface area contributed by atoms with Crippen LogP contribution in [-0.4, -0.2) is 28.3 Å². The van der Waals surface area contributed by atoms with Crippen LogP contribution in [0.15, 0.2) is 79.0 Å². The van der Waals surface area contributed by atoms with Crippen LogP contribution in [0.1, 0.15) is 27.7 Å². The maximum absolute atomic E-state index is 6.22. The van der Waals surface area contributed by atoms with Crippen molar-refractivity contribution in [2.75, 3.05) is 0 Å². The molecule has 0 radical (unpaired) electrons. The topological polar surface area (TPSA) is 44.2 Å². The van der Waals surface area contributed by atoms with Crippen molar-refractivity contribution >= 4 is 45.2 Å². The van der Waals surface area contributed by atoms with E-state index in [0.29, 0.717) is 0 Å². The van der Waals surface area contributed by atoms with E-state index >= 15 is 0 Å². The van der Waals surface area contributed by atoms with E-state index in [1.54, 1.807) is 0 Å². The van der Waals surface area contributed by atoms with Gasteiger partial charge in [0.1, 0.15) is 0 Å². The van der Waals surface area contributed by atoms with Crippen molar-refractivity contribution in [3.05, 3.63) is 79.0 Å². The molecule has 162 valence electrons. The lowest BCUT2D eigenvalue weighted by Gasteiger charge is -2.32. The Bertz CT molecular complexity index is 1490. The van der Waals surface area contributed by atoms with Crippen molar-refractivity contribution in [3.63, 3.8) is 0 Å². The molecule has 0 N–H and O–H groups in total.